The van der Waals surface area contributed by atoms with Crippen molar-refractivity contribution in [1.82, 2.24) is 4.57 Å². The fourth-order valence-corrected chi connectivity index (χ4v) is 3.05. The van der Waals surface area contributed by atoms with Crippen molar-refractivity contribution >= 4 is 24.3 Å². The van der Waals surface area contributed by atoms with Crippen molar-refractivity contribution in [1.29, 1.82) is 0 Å². The third-order valence-corrected chi connectivity index (χ3v) is 4.98. The van der Waals surface area contributed by atoms with Gasteiger partial charge in [0.15, 0.2) is 0 Å². The summed E-state index contributed by atoms with van der Waals surface area (Å²) in [5.41, 5.74) is 2.20. The largest absolute Gasteiger partial charge is 0.507 e. The fraction of sp³-hybridized carbons (Fsp3) is 0.167. The minimum atomic E-state index is -0.216. The first-order valence-corrected chi connectivity index (χ1v) is 9.54. The summed E-state index contributed by atoms with van der Waals surface area (Å²) in [5.74, 6) is 1.45. The van der Waals surface area contributed by atoms with Crippen LogP contribution < -0.4 is 19.7 Å². The molecule has 2 aromatic carbocycles. The molecule has 2 N–H and O–H groups in total. The van der Waals surface area contributed by atoms with E-state index in [4.69, 9.17) is 9.47 Å². The number of rotatable bonds is 6. The van der Waals surface area contributed by atoms with E-state index in [1.165, 1.54) is 9.13 Å². The highest BCUT2D eigenvalue weighted by molar-refractivity contribution is 5.74. The number of phenols is 2. The monoisotopic (exact) mass is 421 g/mol. The Morgan fingerprint density at radius 2 is 1.35 bits per heavy atom. The molecular formula is C24H25N2O5+. The van der Waals surface area contributed by atoms with E-state index in [1.807, 2.05) is 6.07 Å². The van der Waals surface area contributed by atoms with Gasteiger partial charge in [-0.1, -0.05) is 0 Å². The van der Waals surface area contributed by atoms with Gasteiger partial charge in [0.25, 0.3) is 0 Å². The number of hydrogen-bond donors (Lipinski definition) is 2. The molecule has 0 aliphatic rings. The molecular weight excluding hydrogens is 396 g/mol. The predicted molar refractivity (Wildman–Crippen MR) is 120 cm³/mol. The Bertz CT molecular complexity index is 1130. The number of benzene rings is 2. The summed E-state index contributed by atoms with van der Waals surface area (Å²) in [6.45, 7) is 0. The Morgan fingerprint density at radius 1 is 0.839 bits per heavy atom. The highest BCUT2D eigenvalue weighted by Gasteiger charge is 2.13. The normalized spacial score (nSPS) is 11.4. The van der Waals surface area contributed by atoms with Crippen LogP contribution >= 0.6 is 0 Å². The highest BCUT2D eigenvalue weighted by atomic mass is 16.5. The standard InChI is InChI=1S/C24H24N2O5/c1-25-18(7-5-16-13-20(30-3)9-11-22(16)27)15-19(26(2)24(25)29)8-6-17-14-21(31-4)10-12-23(17)28/h5-15H,1-4H3,(H,27,28)/p+1. The van der Waals surface area contributed by atoms with E-state index < -0.39 is 0 Å². The summed E-state index contributed by atoms with van der Waals surface area (Å²) in [6.07, 6.45) is 6.93. The van der Waals surface area contributed by atoms with Crippen LogP contribution in [0.25, 0.3) is 24.3 Å². The Kier molecular flexibility index (Phi) is 6.45. The molecule has 0 unspecified atom stereocenters. The predicted octanol–water partition coefficient (Wildman–Crippen LogP) is 2.98. The van der Waals surface area contributed by atoms with E-state index in [0.717, 1.165) is 0 Å². The molecule has 7 heteroatoms. The number of nitrogens with zero attached hydrogens (tertiary/aromatic N) is 2. The lowest BCUT2D eigenvalue weighted by Gasteiger charge is -2.05. The summed E-state index contributed by atoms with van der Waals surface area (Å²) in [4.78, 5) is 12.7. The second-order valence-corrected chi connectivity index (χ2v) is 6.91. The van der Waals surface area contributed by atoms with Crippen molar-refractivity contribution in [3.05, 3.63) is 75.5 Å². The maximum Gasteiger partial charge on any atom is 0.498 e. The molecule has 0 bridgehead atoms. The first-order chi connectivity index (χ1) is 14.8. The molecule has 0 saturated heterocycles. The van der Waals surface area contributed by atoms with Gasteiger partial charge in [-0.25, -0.2) is 0 Å². The molecule has 160 valence electrons. The summed E-state index contributed by atoms with van der Waals surface area (Å²) in [5, 5.41) is 20.2. The smallest absolute Gasteiger partial charge is 0.498 e. The van der Waals surface area contributed by atoms with E-state index in [9.17, 15) is 15.0 Å². The molecule has 0 radical (unpaired) electrons. The van der Waals surface area contributed by atoms with Crippen LogP contribution in [-0.2, 0) is 14.1 Å². The van der Waals surface area contributed by atoms with Gasteiger partial charge < -0.3 is 19.7 Å². The highest BCUT2D eigenvalue weighted by Crippen LogP contribution is 2.26. The number of aromatic hydroxyl groups is 2. The van der Waals surface area contributed by atoms with Crippen LogP contribution in [0.1, 0.15) is 22.5 Å². The lowest BCUT2D eigenvalue weighted by molar-refractivity contribution is -0.692. The molecule has 0 amide bonds. The van der Waals surface area contributed by atoms with E-state index in [0.29, 0.717) is 34.0 Å². The fourth-order valence-electron chi connectivity index (χ4n) is 3.05. The van der Waals surface area contributed by atoms with E-state index in [2.05, 4.69) is 0 Å². The number of methoxy groups -OCH3 is 2. The van der Waals surface area contributed by atoms with Crippen LogP contribution in [0.5, 0.6) is 23.0 Å². The lowest BCUT2D eigenvalue weighted by atomic mass is 10.1. The lowest BCUT2D eigenvalue weighted by Crippen LogP contribution is -2.53. The molecule has 0 fully saturated rings. The average Bonchev–Trinajstić information content (AvgIpc) is 2.78. The van der Waals surface area contributed by atoms with Gasteiger partial charge in [0.1, 0.15) is 34.4 Å². The topological polar surface area (TPSA) is 84.8 Å². The molecule has 0 saturated carbocycles. The zero-order valence-electron chi connectivity index (χ0n) is 17.9. The van der Waals surface area contributed by atoms with Crippen LogP contribution in [-0.4, -0.2) is 29.0 Å². The molecule has 0 aliphatic heterocycles. The van der Waals surface area contributed by atoms with E-state index in [1.54, 1.807) is 89.0 Å². The van der Waals surface area contributed by atoms with Gasteiger partial charge in [0.05, 0.1) is 28.3 Å². The van der Waals surface area contributed by atoms with E-state index >= 15 is 0 Å². The Labute approximate surface area is 180 Å². The van der Waals surface area contributed by atoms with Crippen LogP contribution in [0.4, 0.5) is 0 Å². The molecule has 31 heavy (non-hydrogen) atoms. The summed E-state index contributed by atoms with van der Waals surface area (Å²) in [6, 6.07) is 11.7. The second kappa shape index (κ2) is 9.21. The van der Waals surface area contributed by atoms with Crippen molar-refractivity contribution in [2.45, 2.75) is 0 Å². The van der Waals surface area contributed by atoms with Gasteiger partial charge in [0.2, 0.25) is 0 Å². The Morgan fingerprint density at radius 3 is 1.87 bits per heavy atom. The third-order valence-electron chi connectivity index (χ3n) is 4.98. The number of phenolic OH excluding ortho intramolecular Hbond substituents is 2. The molecule has 3 aromatic rings. The van der Waals surface area contributed by atoms with Gasteiger partial charge in [-0.2, -0.15) is 13.9 Å². The zero-order chi connectivity index (χ0) is 22.5. The maximum atomic E-state index is 12.7. The SMILES string of the molecule is COc1ccc(O)c(C=Cc2cc(C=Cc3cc(OC)ccc3O)[n+](C)c(=O)n2C)c1. The van der Waals surface area contributed by atoms with Gasteiger partial charge in [-0.15, -0.1) is 0 Å². The van der Waals surface area contributed by atoms with Gasteiger partial charge in [-0.3, -0.25) is 0 Å². The van der Waals surface area contributed by atoms with Gasteiger partial charge in [0, 0.05) is 17.2 Å². The summed E-state index contributed by atoms with van der Waals surface area (Å²) >= 11 is 0. The van der Waals surface area contributed by atoms with Crippen molar-refractivity contribution in [3.8, 4) is 23.0 Å². The summed E-state index contributed by atoms with van der Waals surface area (Å²) < 4.78 is 13.4. The molecule has 1 heterocycles. The van der Waals surface area contributed by atoms with Crippen molar-refractivity contribution < 1.29 is 24.3 Å². The van der Waals surface area contributed by atoms with Crippen molar-refractivity contribution in [2.24, 2.45) is 14.1 Å². The quantitative estimate of drug-likeness (QED) is 0.598. The number of hydrogen-bond acceptors (Lipinski definition) is 5. The van der Waals surface area contributed by atoms with Gasteiger partial charge in [-0.05, 0) is 60.7 Å². The van der Waals surface area contributed by atoms with Crippen LogP contribution in [0.2, 0.25) is 0 Å². The molecule has 7 nitrogen and oxygen atoms in total. The van der Waals surface area contributed by atoms with Crippen molar-refractivity contribution in [3.63, 3.8) is 0 Å². The van der Waals surface area contributed by atoms with Crippen molar-refractivity contribution in [2.75, 3.05) is 14.2 Å². The molecule has 0 aliphatic carbocycles. The first kappa shape index (κ1) is 21.7. The molecule has 0 atom stereocenters. The third kappa shape index (κ3) is 4.78. The summed E-state index contributed by atoms with van der Waals surface area (Å²) in [7, 11) is 6.46. The Balaban J connectivity index is 2.00. The first-order valence-electron chi connectivity index (χ1n) is 9.54. The minimum absolute atomic E-state index is 0.108. The maximum absolute atomic E-state index is 12.7. The minimum Gasteiger partial charge on any atom is -0.507 e. The number of aromatic nitrogens is 2. The average molecular weight is 421 g/mol. The zero-order valence-corrected chi connectivity index (χ0v) is 17.9. The second-order valence-electron chi connectivity index (χ2n) is 6.91. The molecule has 0 spiro atoms. The van der Waals surface area contributed by atoms with Crippen LogP contribution in [0.15, 0.2) is 47.3 Å². The number of ether oxygens (including phenoxy) is 2. The Hall–Kier alpha value is -4.00. The van der Waals surface area contributed by atoms with E-state index in [-0.39, 0.29) is 17.2 Å². The van der Waals surface area contributed by atoms with Crippen LogP contribution in [0.3, 0.4) is 0 Å². The molecule has 3 rings (SSSR count). The van der Waals surface area contributed by atoms with Crippen LogP contribution in [0, 0.1) is 0 Å². The van der Waals surface area contributed by atoms with Gasteiger partial charge >= 0.3 is 5.69 Å². The molecule has 1 aromatic heterocycles.